The van der Waals surface area contributed by atoms with Crippen LogP contribution in [0.5, 0.6) is 0 Å². The first kappa shape index (κ1) is 20.8. The van der Waals surface area contributed by atoms with Gasteiger partial charge < -0.3 is 5.32 Å². The third-order valence-electron chi connectivity index (χ3n) is 5.52. The van der Waals surface area contributed by atoms with Gasteiger partial charge in [0.2, 0.25) is 0 Å². The molecule has 0 bridgehead atoms. The summed E-state index contributed by atoms with van der Waals surface area (Å²) in [4.78, 5) is 30.1. The molecule has 0 radical (unpaired) electrons. The van der Waals surface area contributed by atoms with E-state index in [4.69, 9.17) is 4.98 Å². The zero-order valence-electron chi connectivity index (χ0n) is 17.8. The number of carbonyl (C=O) groups is 2. The van der Waals surface area contributed by atoms with Crippen molar-refractivity contribution in [2.24, 2.45) is 0 Å². The SMILES string of the molecule is CN1CC(NC(=O)c2cc(-c3ccccc3)nc3c2cnn3Cc2cccc(F)c2)C(=O)N1. The Morgan fingerprint density at radius 2 is 2.00 bits per heavy atom. The highest BCUT2D eigenvalue weighted by Gasteiger charge is 2.30. The summed E-state index contributed by atoms with van der Waals surface area (Å²) in [5.74, 6) is -0.983. The van der Waals surface area contributed by atoms with E-state index in [-0.39, 0.29) is 17.6 Å². The first-order valence-corrected chi connectivity index (χ1v) is 10.5. The van der Waals surface area contributed by atoms with Crippen LogP contribution in [0.2, 0.25) is 0 Å². The second-order valence-electron chi connectivity index (χ2n) is 7.97. The van der Waals surface area contributed by atoms with E-state index in [9.17, 15) is 14.0 Å². The van der Waals surface area contributed by atoms with Gasteiger partial charge in [-0.2, -0.15) is 5.10 Å². The number of carbonyl (C=O) groups excluding carboxylic acids is 2. The van der Waals surface area contributed by atoms with Crippen molar-refractivity contribution < 1.29 is 14.0 Å². The van der Waals surface area contributed by atoms with E-state index in [0.29, 0.717) is 35.4 Å². The normalized spacial score (nSPS) is 16.2. The molecule has 2 N–H and O–H groups in total. The Bertz CT molecular complexity index is 1350. The highest BCUT2D eigenvalue weighted by atomic mass is 19.1. The van der Waals surface area contributed by atoms with E-state index < -0.39 is 6.04 Å². The molecule has 1 aliphatic heterocycles. The topological polar surface area (TPSA) is 92.2 Å². The molecule has 1 saturated heterocycles. The number of fused-ring (bicyclic) bond motifs is 1. The van der Waals surface area contributed by atoms with Gasteiger partial charge in [-0.05, 0) is 23.8 Å². The van der Waals surface area contributed by atoms with Crippen molar-refractivity contribution in [1.29, 1.82) is 0 Å². The average molecular weight is 444 g/mol. The number of rotatable bonds is 5. The molecule has 9 heteroatoms. The van der Waals surface area contributed by atoms with Gasteiger partial charge in [-0.15, -0.1) is 0 Å². The minimum Gasteiger partial charge on any atom is -0.339 e. The number of likely N-dealkylation sites (N-methyl/N-ethyl adjacent to an activating group) is 1. The molecular formula is C24H21FN6O2. The number of halogens is 1. The molecule has 33 heavy (non-hydrogen) atoms. The van der Waals surface area contributed by atoms with Crippen molar-refractivity contribution in [3.8, 4) is 11.3 Å². The van der Waals surface area contributed by atoms with Gasteiger partial charge in [0.1, 0.15) is 11.9 Å². The van der Waals surface area contributed by atoms with Gasteiger partial charge in [-0.25, -0.2) is 19.1 Å². The molecule has 2 amide bonds. The Morgan fingerprint density at radius 1 is 1.18 bits per heavy atom. The fourth-order valence-corrected chi connectivity index (χ4v) is 3.93. The zero-order chi connectivity index (χ0) is 22.9. The Labute approximate surface area is 189 Å². The van der Waals surface area contributed by atoms with Gasteiger partial charge in [-0.3, -0.25) is 15.0 Å². The van der Waals surface area contributed by atoms with Crippen LogP contribution in [0.1, 0.15) is 15.9 Å². The molecule has 2 aromatic carbocycles. The van der Waals surface area contributed by atoms with E-state index in [2.05, 4.69) is 15.8 Å². The number of hydrogen-bond donors (Lipinski definition) is 2. The van der Waals surface area contributed by atoms with Gasteiger partial charge in [-0.1, -0.05) is 42.5 Å². The number of hydrazine groups is 1. The Morgan fingerprint density at radius 3 is 2.73 bits per heavy atom. The summed E-state index contributed by atoms with van der Waals surface area (Å²) >= 11 is 0. The van der Waals surface area contributed by atoms with Crippen LogP contribution in [0.15, 0.2) is 66.9 Å². The summed E-state index contributed by atoms with van der Waals surface area (Å²) in [6.07, 6.45) is 1.58. The summed E-state index contributed by atoms with van der Waals surface area (Å²) in [6.45, 7) is 0.659. The van der Waals surface area contributed by atoms with E-state index >= 15 is 0 Å². The minimum absolute atomic E-state index is 0.263. The summed E-state index contributed by atoms with van der Waals surface area (Å²) in [7, 11) is 1.73. The molecule has 1 unspecified atom stereocenters. The smallest absolute Gasteiger partial charge is 0.258 e. The maximum atomic E-state index is 13.7. The number of hydrogen-bond acceptors (Lipinski definition) is 5. The highest BCUT2D eigenvalue weighted by molar-refractivity contribution is 6.07. The maximum absolute atomic E-state index is 13.7. The first-order valence-electron chi connectivity index (χ1n) is 10.5. The largest absolute Gasteiger partial charge is 0.339 e. The second-order valence-corrected chi connectivity index (χ2v) is 7.97. The Kier molecular flexibility index (Phi) is 5.31. The van der Waals surface area contributed by atoms with Crippen LogP contribution in [-0.4, -0.2) is 51.2 Å². The van der Waals surface area contributed by atoms with Crippen molar-refractivity contribution in [3.05, 3.63) is 83.8 Å². The van der Waals surface area contributed by atoms with Crippen molar-refractivity contribution in [3.63, 3.8) is 0 Å². The monoisotopic (exact) mass is 444 g/mol. The summed E-state index contributed by atoms with van der Waals surface area (Å²) < 4.78 is 15.3. The quantitative estimate of drug-likeness (QED) is 0.493. The van der Waals surface area contributed by atoms with Crippen LogP contribution in [0, 0.1) is 5.82 Å². The van der Waals surface area contributed by atoms with Gasteiger partial charge >= 0.3 is 0 Å². The molecule has 4 aromatic rings. The highest BCUT2D eigenvalue weighted by Crippen LogP contribution is 2.25. The minimum atomic E-state index is -0.659. The molecule has 8 nitrogen and oxygen atoms in total. The van der Waals surface area contributed by atoms with Crippen LogP contribution in [0.4, 0.5) is 4.39 Å². The van der Waals surface area contributed by atoms with Gasteiger partial charge in [0, 0.05) is 19.2 Å². The molecule has 0 aliphatic carbocycles. The van der Waals surface area contributed by atoms with Crippen molar-refractivity contribution in [2.45, 2.75) is 12.6 Å². The molecule has 3 heterocycles. The van der Waals surface area contributed by atoms with Crippen molar-refractivity contribution in [1.82, 2.24) is 30.5 Å². The fraction of sp³-hybridized carbons (Fsp3) is 0.167. The molecule has 1 atom stereocenters. The molecule has 166 valence electrons. The summed E-state index contributed by atoms with van der Waals surface area (Å²) in [5.41, 5.74) is 5.68. The van der Waals surface area contributed by atoms with Crippen LogP contribution in [0.3, 0.4) is 0 Å². The lowest BCUT2D eigenvalue weighted by atomic mass is 10.1. The molecule has 5 rings (SSSR count). The molecule has 1 fully saturated rings. The summed E-state index contributed by atoms with van der Waals surface area (Å²) in [6, 6.07) is 16.8. The number of nitrogens with one attached hydrogen (secondary N) is 2. The number of nitrogens with zero attached hydrogens (tertiary/aromatic N) is 4. The van der Waals surface area contributed by atoms with Gasteiger partial charge in [0.25, 0.3) is 11.8 Å². The molecule has 2 aromatic heterocycles. The lowest BCUT2D eigenvalue weighted by molar-refractivity contribution is -0.122. The van der Waals surface area contributed by atoms with Crippen LogP contribution in [-0.2, 0) is 11.3 Å². The molecule has 0 spiro atoms. The lowest BCUT2D eigenvalue weighted by Gasteiger charge is -2.12. The Hall–Kier alpha value is -4.11. The van der Waals surface area contributed by atoms with Gasteiger partial charge in [0.05, 0.1) is 29.4 Å². The van der Waals surface area contributed by atoms with Crippen molar-refractivity contribution in [2.75, 3.05) is 13.6 Å². The number of pyridine rings is 1. The van der Waals surface area contributed by atoms with Gasteiger partial charge in [0.15, 0.2) is 5.65 Å². The zero-order valence-corrected chi connectivity index (χ0v) is 17.8. The number of aromatic nitrogens is 3. The fourth-order valence-electron chi connectivity index (χ4n) is 3.93. The van der Waals surface area contributed by atoms with E-state index in [1.54, 1.807) is 41.1 Å². The van der Waals surface area contributed by atoms with E-state index in [0.717, 1.165) is 11.1 Å². The maximum Gasteiger partial charge on any atom is 0.258 e. The standard InChI is InChI=1S/C24H21FN6O2/c1-30-14-21(24(33)29-30)28-23(32)18-11-20(16-7-3-2-4-8-16)27-22-19(18)12-26-31(22)13-15-6-5-9-17(25)10-15/h2-12,21H,13-14H2,1H3,(H,28,32)(H,29,33). The molecule has 1 aliphatic rings. The van der Waals surface area contributed by atoms with Crippen LogP contribution in [0.25, 0.3) is 22.3 Å². The van der Waals surface area contributed by atoms with Crippen LogP contribution >= 0.6 is 0 Å². The molecule has 0 saturated carbocycles. The van der Waals surface area contributed by atoms with Crippen molar-refractivity contribution >= 4 is 22.8 Å². The van der Waals surface area contributed by atoms with Crippen LogP contribution < -0.4 is 10.7 Å². The predicted octanol–water partition coefficient (Wildman–Crippen LogP) is 2.36. The third kappa shape index (κ3) is 4.18. The third-order valence-corrected chi connectivity index (χ3v) is 5.52. The number of benzene rings is 2. The molecular weight excluding hydrogens is 423 g/mol. The first-order chi connectivity index (χ1) is 16.0. The number of amides is 2. The van der Waals surface area contributed by atoms with E-state index in [1.807, 2.05) is 30.3 Å². The summed E-state index contributed by atoms with van der Waals surface area (Å²) in [5, 5.41) is 9.40. The lowest BCUT2D eigenvalue weighted by Crippen LogP contribution is -2.41. The Balaban J connectivity index is 1.58. The second kappa shape index (κ2) is 8.44. The predicted molar refractivity (Wildman–Crippen MR) is 120 cm³/mol. The average Bonchev–Trinajstić information content (AvgIpc) is 3.35. The van der Waals surface area contributed by atoms with E-state index in [1.165, 1.54) is 12.1 Å².